The second-order valence-corrected chi connectivity index (χ2v) is 4.07. The molecule has 0 bridgehead atoms. The van der Waals surface area contributed by atoms with Crippen molar-refractivity contribution in [3.63, 3.8) is 0 Å². The Morgan fingerprint density at radius 2 is 2.00 bits per heavy atom. The Labute approximate surface area is 98.3 Å². The topological polar surface area (TPSA) is 25.8 Å². The van der Waals surface area contributed by atoms with E-state index in [4.69, 9.17) is 23.2 Å². The molecular formula is C11H10Cl2N2. The van der Waals surface area contributed by atoms with Crippen LogP contribution in [0.4, 0.5) is 0 Å². The van der Waals surface area contributed by atoms with Crippen LogP contribution in [0.5, 0.6) is 0 Å². The van der Waals surface area contributed by atoms with Gasteiger partial charge in [-0.05, 0) is 24.1 Å². The van der Waals surface area contributed by atoms with Gasteiger partial charge in [0.25, 0.3) is 0 Å². The normalized spacial score (nSPS) is 10.9. The van der Waals surface area contributed by atoms with Crippen molar-refractivity contribution < 1.29 is 0 Å². The van der Waals surface area contributed by atoms with Crippen LogP contribution in [0.25, 0.3) is 10.9 Å². The van der Waals surface area contributed by atoms with Gasteiger partial charge in [-0.15, -0.1) is 0 Å². The molecule has 0 atom stereocenters. The van der Waals surface area contributed by atoms with Crippen LogP contribution in [-0.2, 0) is 6.42 Å². The predicted molar refractivity (Wildman–Crippen MR) is 63.6 cm³/mol. The number of hydrogen-bond acceptors (Lipinski definition) is 2. The minimum atomic E-state index is 0.263. The number of aryl methyl sites for hydroxylation is 1. The highest BCUT2D eigenvalue weighted by atomic mass is 35.5. The molecule has 0 fully saturated rings. The van der Waals surface area contributed by atoms with Gasteiger partial charge in [0.15, 0.2) is 0 Å². The molecule has 2 aromatic rings. The van der Waals surface area contributed by atoms with E-state index in [9.17, 15) is 0 Å². The first-order valence-electron chi connectivity index (χ1n) is 4.83. The van der Waals surface area contributed by atoms with Gasteiger partial charge in [-0.25, -0.2) is 9.97 Å². The summed E-state index contributed by atoms with van der Waals surface area (Å²) in [6, 6.07) is 5.69. The minimum Gasteiger partial charge on any atom is -0.222 e. The minimum absolute atomic E-state index is 0.263. The SMILES string of the molecule is CCCc1nc(Cl)nc2c(Cl)cccc12. The summed E-state index contributed by atoms with van der Waals surface area (Å²) in [4.78, 5) is 8.37. The van der Waals surface area contributed by atoms with E-state index in [-0.39, 0.29) is 5.28 Å². The first kappa shape index (κ1) is 10.7. The van der Waals surface area contributed by atoms with Crippen LogP contribution in [0.1, 0.15) is 19.0 Å². The molecule has 2 rings (SSSR count). The van der Waals surface area contributed by atoms with E-state index in [2.05, 4.69) is 16.9 Å². The fourth-order valence-electron chi connectivity index (χ4n) is 1.58. The second kappa shape index (κ2) is 4.33. The maximum atomic E-state index is 6.05. The smallest absolute Gasteiger partial charge is 0.222 e. The standard InChI is InChI=1S/C11H10Cl2N2/c1-2-4-9-7-5-3-6-8(12)10(7)15-11(13)14-9/h3,5-6H,2,4H2,1H3. The first-order chi connectivity index (χ1) is 7.22. The fourth-order valence-corrected chi connectivity index (χ4v) is 1.98. The Morgan fingerprint density at radius 3 is 2.73 bits per heavy atom. The van der Waals surface area contributed by atoms with Gasteiger partial charge in [-0.1, -0.05) is 37.1 Å². The highest BCUT2D eigenvalue weighted by molar-refractivity contribution is 6.35. The third kappa shape index (κ3) is 2.06. The molecule has 0 aliphatic heterocycles. The van der Waals surface area contributed by atoms with Gasteiger partial charge in [0.2, 0.25) is 5.28 Å². The molecular weight excluding hydrogens is 231 g/mol. The molecule has 4 heteroatoms. The molecule has 0 saturated heterocycles. The number of benzene rings is 1. The van der Waals surface area contributed by atoms with Crippen molar-refractivity contribution in [3.05, 3.63) is 34.2 Å². The van der Waals surface area contributed by atoms with Crippen LogP contribution < -0.4 is 0 Å². The largest absolute Gasteiger partial charge is 0.223 e. The zero-order valence-electron chi connectivity index (χ0n) is 8.30. The van der Waals surface area contributed by atoms with E-state index in [0.717, 1.165) is 29.4 Å². The molecule has 0 aliphatic rings. The van der Waals surface area contributed by atoms with Crippen LogP contribution in [0.3, 0.4) is 0 Å². The lowest BCUT2D eigenvalue weighted by molar-refractivity contribution is 0.887. The van der Waals surface area contributed by atoms with Crippen LogP contribution >= 0.6 is 23.2 Å². The number of aromatic nitrogens is 2. The maximum absolute atomic E-state index is 6.05. The molecule has 78 valence electrons. The maximum Gasteiger partial charge on any atom is 0.223 e. The van der Waals surface area contributed by atoms with Gasteiger partial charge in [-0.2, -0.15) is 0 Å². The summed E-state index contributed by atoms with van der Waals surface area (Å²) in [5, 5.41) is 1.88. The average Bonchev–Trinajstić information content (AvgIpc) is 2.20. The van der Waals surface area contributed by atoms with Crippen molar-refractivity contribution >= 4 is 34.1 Å². The summed E-state index contributed by atoms with van der Waals surface area (Å²) in [6.07, 6.45) is 1.91. The van der Waals surface area contributed by atoms with E-state index >= 15 is 0 Å². The van der Waals surface area contributed by atoms with Crippen LogP contribution in [0.2, 0.25) is 10.3 Å². The quantitative estimate of drug-likeness (QED) is 0.745. The monoisotopic (exact) mass is 240 g/mol. The van der Waals surface area contributed by atoms with Crippen LogP contribution in [-0.4, -0.2) is 9.97 Å². The number of hydrogen-bond donors (Lipinski definition) is 0. The van der Waals surface area contributed by atoms with Crippen LogP contribution in [0, 0.1) is 0 Å². The number of nitrogens with zero attached hydrogens (tertiary/aromatic N) is 2. The number of rotatable bonds is 2. The third-order valence-corrected chi connectivity index (χ3v) is 2.69. The van der Waals surface area contributed by atoms with Crippen molar-refractivity contribution in [3.8, 4) is 0 Å². The van der Waals surface area contributed by atoms with Gasteiger partial charge in [-0.3, -0.25) is 0 Å². The molecule has 0 aliphatic carbocycles. The Balaban J connectivity index is 2.74. The molecule has 1 aromatic heterocycles. The van der Waals surface area contributed by atoms with Crippen molar-refractivity contribution in [1.82, 2.24) is 9.97 Å². The van der Waals surface area contributed by atoms with E-state index in [1.165, 1.54) is 0 Å². The number of halogens is 2. The molecule has 0 amide bonds. The van der Waals surface area contributed by atoms with Crippen LogP contribution in [0.15, 0.2) is 18.2 Å². The highest BCUT2D eigenvalue weighted by Crippen LogP contribution is 2.25. The summed E-state index contributed by atoms with van der Waals surface area (Å²) < 4.78 is 0. The van der Waals surface area contributed by atoms with Gasteiger partial charge in [0, 0.05) is 5.39 Å². The lowest BCUT2D eigenvalue weighted by atomic mass is 10.1. The Morgan fingerprint density at radius 1 is 1.20 bits per heavy atom. The van der Waals surface area contributed by atoms with E-state index in [0.29, 0.717) is 5.02 Å². The lowest BCUT2D eigenvalue weighted by Gasteiger charge is -2.05. The average molecular weight is 241 g/mol. The Bertz CT molecular complexity index is 497. The second-order valence-electron chi connectivity index (χ2n) is 3.33. The fraction of sp³-hybridized carbons (Fsp3) is 0.273. The summed E-state index contributed by atoms with van der Waals surface area (Å²) in [7, 11) is 0. The van der Waals surface area contributed by atoms with Gasteiger partial charge >= 0.3 is 0 Å². The molecule has 0 radical (unpaired) electrons. The molecule has 2 nitrogen and oxygen atoms in total. The molecule has 0 spiro atoms. The predicted octanol–water partition coefficient (Wildman–Crippen LogP) is 3.89. The molecule has 1 heterocycles. The van der Waals surface area contributed by atoms with Crippen molar-refractivity contribution in [2.24, 2.45) is 0 Å². The van der Waals surface area contributed by atoms with E-state index in [1.54, 1.807) is 0 Å². The first-order valence-corrected chi connectivity index (χ1v) is 5.58. The lowest BCUT2D eigenvalue weighted by Crippen LogP contribution is -1.95. The van der Waals surface area contributed by atoms with Crippen molar-refractivity contribution in [2.45, 2.75) is 19.8 Å². The van der Waals surface area contributed by atoms with Crippen molar-refractivity contribution in [1.29, 1.82) is 0 Å². The Kier molecular flexibility index (Phi) is 3.08. The highest BCUT2D eigenvalue weighted by Gasteiger charge is 2.07. The van der Waals surface area contributed by atoms with Gasteiger partial charge < -0.3 is 0 Å². The van der Waals surface area contributed by atoms with E-state index in [1.807, 2.05) is 18.2 Å². The molecule has 0 saturated carbocycles. The van der Waals surface area contributed by atoms with Gasteiger partial charge in [0.05, 0.1) is 16.2 Å². The summed E-state index contributed by atoms with van der Waals surface area (Å²) >= 11 is 11.9. The zero-order chi connectivity index (χ0) is 10.8. The molecule has 1 aromatic carbocycles. The Hall–Kier alpha value is -0.860. The number of fused-ring (bicyclic) bond motifs is 1. The van der Waals surface area contributed by atoms with E-state index < -0.39 is 0 Å². The van der Waals surface area contributed by atoms with Crippen molar-refractivity contribution in [2.75, 3.05) is 0 Å². The third-order valence-electron chi connectivity index (χ3n) is 2.22. The summed E-state index contributed by atoms with van der Waals surface area (Å²) in [5.74, 6) is 0. The molecule has 15 heavy (non-hydrogen) atoms. The summed E-state index contributed by atoms with van der Waals surface area (Å²) in [6.45, 7) is 2.10. The zero-order valence-corrected chi connectivity index (χ0v) is 9.81. The molecule has 0 unspecified atom stereocenters. The number of para-hydroxylation sites is 1. The summed E-state index contributed by atoms with van der Waals surface area (Å²) in [5.41, 5.74) is 1.71. The van der Waals surface area contributed by atoms with Gasteiger partial charge in [0.1, 0.15) is 0 Å². The molecule has 0 N–H and O–H groups in total.